The minimum absolute atomic E-state index is 0.0347. The van der Waals surface area contributed by atoms with Gasteiger partial charge in [0, 0.05) is 19.2 Å². The molecule has 0 atom stereocenters. The van der Waals surface area contributed by atoms with Gasteiger partial charge >= 0.3 is 12.1 Å². The average molecular weight is 362 g/mol. The molecular weight excluding hydrogens is 340 g/mol. The van der Waals surface area contributed by atoms with Crippen LogP contribution in [0.5, 0.6) is 0 Å². The smallest absolute Gasteiger partial charge is 0.407 e. The van der Waals surface area contributed by atoms with Gasteiger partial charge in [0.2, 0.25) is 0 Å². The van der Waals surface area contributed by atoms with Crippen molar-refractivity contribution in [2.45, 2.75) is 38.3 Å². The average Bonchev–Trinajstić information content (AvgIpc) is 2.92. The topological polar surface area (TPSA) is 139 Å². The molecule has 136 valence electrons. The summed E-state index contributed by atoms with van der Waals surface area (Å²) < 4.78 is 36.0. The molecular formula is C13H22N4O6S. The minimum atomic E-state index is -3.89. The number of hydrogen-bond acceptors (Lipinski definition) is 7. The largest absolute Gasteiger partial charge is 0.461 e. The van der Waals surface area contributed by atoms with Gasteiger partial charge in [0.1, 0.15) is 5.60 Å². The van der Waals surface area contributed by atoms with E-state index in [9.17, 15) is 18.0 Å². The molecule has 0 aliphatic carbocycles. The number of nitrogens with zero attached hydrogens (tertiary/aromatic N) is 1. The van der Waals surface area contributed by atoms with E-state index in [1.807, 2.05) is 0 Å². The third-order valence-corrected chi connectivity index (χ3v) is 3.79. The van der Waals surface area contributed by atoms with E-state index >= 15 is 0 Å². The van der Waals surface area contributed by atoms with Crippen molar-refractivity contribution in [3.63, 3.8) is 0 Å². The highest BCUT2D eigenvalue weighted by atomic mass is 32.2. The number of aromatic amines is 1. The molecule has 0 bridgehead atoms. The summed E-state index contributed by atoms with van der Waals surface area (Å²) in [5, 5.41) is 7.98. The summed E-state index contributed by atoms with van der Waals surface area (Å²) in [5.74, 6) is -0.721. The molecule has 0 saturated carbocycles. The predicted octanol–water partition coefficient (Wildman–Crippen LogP) is 0.389. The van der Waals surface area contributed by atoms with Gasteiger partial charge in [0.15, 0.2) is 10.7 Å². The summed E-state index contributed by atoms with van der Waals surface area (Å²) in [4.78, 5) is 22.9. The number of esters is 1. The molecule has 1 rings (SSSR count). The summed E-state index contributed by atoms with van der Waals surface area (Å²) in [7, 11) is -3.89. The number of ether oxygens (including phenoxy) is 2. The number of H-pyrrole nitrogens is 1. The van der Waals surface area contributed by atoms with Crippen molar-refractivity contribution in [1.82, 2.24) is 20.2 Å². The lowest BCUT2D eigenvalue weighted by Gasteiger charge is -2.19. The standard InChI is InChI=1S/C13H22N4O6S/c1-5-22-11(18)9-8-10(17-16-9)24(20,21)15-7-6-14-12(19)23-13(2,3)4/h8,15H,5-7H2,1-4H3,(H,14,19)(H,16,17). The van der Waals surface area contributed by atoms with Gasteiger partial charge in [-0.25, -0.2) is 22.7 Å². The molecule has 3 N–H and O–H groups in total. The SMILES string of the molecule is CCOC(=O)c1cc(S(=O)(=O)NCCNC(=O)OC(C)(C)C)[nH]n1. The molecule has 1 amide bonds. The Hall–Kier alpha value is -2.14. The van der Waals surface area contributed by atoms with Crippen LogP contribution in [0.4, 0.5) is 4.79 Å². The van der Waals surface area contributed by atoms with E-state index < -0.39 is 27.7 Å². The minimum Gasteiger partial charge on any atom is -0.461 e. The van der Waals surface area contributed by atoms with E-state index in [1.54, 1.807) is 27.7 Å². The van der Waals surface area contributed by atoms with Crippen molar-refractivity contribution in [1.29, 1.82) is 0 Å². The van der Waals surface area contributed by atoms with Gasteiger partial charge in [-0.1, -0.05) is 0 Å². The van der Waals surface area contributed by atoms with Crippen LogP contribution < -0.4 is 10.0 Å². The van der Waals surface area contributed by atoms with E-state index in [1.165, 1.54) is 0 Å². The van der Waals surface area contributed by atoms with Crippen molar-refractivity contribution >= 4 is 22.1 Å². The van der Waals surface area contributed by atoms with Gasteiger partial charge in [-0.05, 0) is 27.7 Å². The molecule has 0 fully saturated rings. The quantitative estimate of drug-likeness (QED) is 0.471. The summed E-state index contributed by atoms with van der Waals surface area (Å²) >= 11 is 0. The molecule has 0 aliphatic heterocycles. The zero-order valence-corrected chi connectivity index (χ0v) is 14.8. The molecule has 0 radical (unpaired) electrons. The number of alkyl carbamates (subject to hydrolysis) is 1. The molecule has 0 aliphatic rings. The third kappa shape index (κ3) is 6.54. The first-order valence-corrected chi connectivity index (χ1v) is 8.72. The van der Waals surface area contributed by atoms with Gasteiger partial charge in [0.25, 0.3) is 10.0 Å². The first-order chi connectivity index (χ1) is 11.0. The predicted molar refractivity (Wildman–Crippen MR) is 84.0 cm³/mol. The Morgan fingerprint density at radius 3 is 2.54 bits per heavy atom. The Balaban J connectivity index is 2.50. The molecule has 0 aromatic carbocycles. The van der Waals surface area contributed by atoms with Gasteiger partial charge < -0.3 is 14.8 Å². The van der Waals surface area contributed by atoms with Crippen LogP contribution in [0, 0.1) is 0 Å². The molecule has 1 heterocycles. The second kappa shape index (κ2) is 8.11. The van der Waals surface area contributed by atoms with E-state index in [0.29, 0.717) is 0 Å². The zero-order valence-electron chi connectivity index (χ0n) is 14.0. The third-order valence-electron chi connectivity index (χ3n) is 2.41. The number of aromatic nitrogens is 2. The van der Waals surface area contributed by atoms with Crippen LogP contribution in [0.25, 0.3) is 0 Å². The maximum atomic E-state index is 12.0. The van der Waals surface area contributed by atoms with E-state index in [0.717, 1.165) is 6.07 Å². The molecule has 1 aromatic rings. The summed E-state index contributed by atoms with van der Waals surface area (Å²) in [6.07, 6.45) is -0.646. The van der Waals surface area contributed by atoms with Crippen molar-refractivity contribution in [3.8, 4) is 0 Å². The number of amides is 1. The van der Waals surface area contributed by atoms with Crippen molar-refractivity contribution in [2.24, 2.45) is 0 Å². The van der Waals surface area contributed by atoms with Gasteiger partial charge in [0.05, 0.1) is 6.61 Å². The Bertz CT molecular complexity index is 677. The number of rotatable bonds is 7. The fraction of sp³-hybridized carbons (Fsp3) is 0.615. The summed E-state index contributed by atoms with van der Waals surface area (Å²) in [6.45, 7) is 6.91. The van der Waals surface area contributed by atoms with Gasteiger partial charge in [-0.2, -0.15) is 5.10 Å². The van der Waals surface area contributed by atoms with Gasteiger partial charge in [-0.15, -0.1) is 0 Å². The number of carbonyl (C=O) groups is 2. The highest BCUT2D eigenvalue weighted by Crippen LogP contribution is 2.08. The molecule has 10 nitrogen and oxygen atoms in total. The van der Waals surface area contributed by atoms with Crippen LogP contribution >= 0.6 is 0 Å². The van der Waals surface area contributed by atoms with Crippen LogP contribution in [0.1, 0.15) is 38.2 Å². The zero-order chi connectivity index (χ0) is 18.4. The number of hydrogen-bond donors (Lipinski definition) is 3. The first kappa shape index (κ1) is 19.9. The molecule has 1 aromatic heterocycles. The molecule has 0 spiro atoms. The number of nitrogens with one attached hydrogen (secondary N) is 3. The van der Waals surface area contributed by atoms with Crippen molar-refractivity contribution in [2.75, 3.05) is 19.7 Å². The Kier molecular flexibility index (Phi) is 6.72. The molecule has 11 heteroatoms. The fourth-order valence-corrected chi connectivity index (χ4v) is 2.45. The van der Waals surface area contributed by atoms with Crippen LogP contribution in [-0.2, 0) is 19.5 Å². The van der Waals surface area contributed by atoms with E-state index in [-0.39, 0.29) is 30.4 Å². The molecule has 0 saturated heterocycles. The van der Waals surface area contributed by atoms with Crippen LogP contribution in [0.3, 0.4) is 0 Å². The highest BCUT2D eigenvalue weighted by Gasteiger charge is 2.20. The van der Waals surface area contributed by atoms with Crippen LogP contribution in [0.15, 0.2) is 11.1 Å². The van der Waals surface area contributed by atoms with Crippen LogP contribution in [0.2, 0.25) is 0 Å². The summed E-state index contributed by atoms with van der Waals surface area (Å²) in [5.41, 5.74) is -0.771. The van der Waals surface area contributed by atoms with Crippen LogP contribution in [-0.4, -0.2) is 56.0 Å². The highest BCUT2D eigenvalue weighted by molar-refractivity contribution is 7.89. The summed E-state index contributed by atoms with van der Waals surface area (Å²) in [6, 6.07) is 1.07. The monoisotopic (exact) mass is 362 g/mol. The van der Waals surface area contributed by atoms with Crippen molar-refractivity contribution < 1.29 is 27.5 Å². The second-order valence-corrected chi connectivity index (χ2v) is 7.40. The number of carbonyl (C=O) groups excluding carboxylic acids is 2. The normalized spacial score (nSPS) is 11.8. The fourth-order valence-electron chi connectivity index (χ4n) is 1.49. The Morgan fingerprint density at radius 1 is 1.29 bits per heavy atom. The maximum Gasteiger partial charge on any atom is 0.407 e. The lowest BCUT2D eigenvalue weighted by molar-refractivity contribution is 0.0512. The van der Waals surface area contributed by atoms with Crippen molar-refractivity contribution in [3.05, 3.63) is 11.8 Å². The van der Waals surface area contributed by atoms with E-state index in [2.05, 4.69) is 20.2 Å². The maximum absolute atomic E-state index is 12.0. The Morgan fingerprint density at radius 2 is 1.96 bits per heavy atom. The lowest BCUT2D eigenvalue weighted by atomic mass is 10.2. The Labute approximate surface area is 140 Å². The lowest BCUT2D eigenvalue weighted by Crippen LogP contribution is -2.37. The second-order valence-electron chi connectivity index (χ2n) is 5.66. The van der Waals surface area contributed by atoms with Gasteiger partial charge in [-0.3, -0.25) is 5.10 Å². The molecule has 0 unspecified atom stereocenters. The first-order valence-electron chi connectivity index (χ1n) is 7.24. The molecule has 24 heavy (non-hydrogen) atoms. The number of sulfonamides is 1. The van der Waals surface area contributed by atoms with E-state index in [4.69, 9.17) is 9.47 Å².